The van der Waals surface area contributed by atoms with Gasteiger partial charge in [-0.1, -0.05) is 74.7 Å². The SMILES string of the molecule is CCCCCCC(=O)NCC(=O)NCC(=O)NC(Cc1ccccc1)C(=O)NCC(=O)NCOc1ccccc1. The summed E-state index contributed by atoms with van der Waals surface area (Å²) in [6.45, 7) is 1.09. The van der Waals surface area contributed by atoms with Crippen molar-refractivity contribution in [1.29, 1.82) is 0 Å². The van der Waals surface area contributed by atoms with Crippen LogP contribution in [0.25, 0.3) is 0 Å². The molecule has 11 heteroatoms. The first-order valence-corrected chi connectivity index (χ1v) is 13.5. The van der Waals surface area contributed by atoms with Crippen LogP contribution in [0.4, 0.5) is 0 Å². The molecule has 2 aromatic carbocycles. The van der Waals surface area contributed by atoms with Gasteiger partial charge in [-0.05, 0) is 24.1 Å². The van der Waals surface area contributed by atoms with Crippen molar-refractivity contribution in [2.75, 3.05) is 26.4 Å². The first-order valence-electron chi connectivity index (χ1n) is 13.5. The summed E-state index contributed by atoms with van der Waals surface area (Å²) in [5, 5.41) is 12.6. The molecule has 2 rings (SSSR count). The quantitative estimate of drug-likeness (QED) is 0.138. The van der Waals surface area contributed by atoms with Crippen LogP contribution < -0.4 is 31.3 Å². The van der Waals surface area contributed by atoms with Crippen LogP contribution in [0.5, 0.6) is 5.75 Å². The van der Waals surface area contributed by atoms with Crippen LogP contribution in [-0.2, 0) is 30.4 Å². The Morgan fingerprint density at radius 3 is 1.98 bits per heavy atom. The van der Waals surface area contributed by atoms with Crippen LogP contribution in [0.2, 0.25) is 0 Å². The van der Waals surface area contributed by atoms with Gasteiger partial charge in [0.05, 0.1) is 19.6 Å². The molecule has 0 aliphatic rings. The average Bonchev–Trinajstić information content (AvgIpc) is 2.96. The number of carbonyl (C=O) groups excluding carboxylic acids is 5. The lowest BCUT2D eigenvalue weighted by Crippen LogP contribution is -2.52. The molecule has 0 radical (unpaired) electrons. The largest absolute Gasteiger partial charge is 0.473 e. The standard InChI is InChI=1S/C29H39N5O6/c1-2-3-4-11-16-25(35)30-18-26(36)31-20-28(38)34-24(17-22-12-7-5-8-13-22)29(39)32-19-27(37)33-21-40-23-14-9-6-10-15-23/h5-10,12-15,24H,2-4,11,16-21H2,1H3,(H,30,35)(H,31,36)(H,32,39)(H,33,37)(H,34,38). The second-order valence-corrected chi connectivity index (χ2v) is 9.09. The van der Waals surface area contributed by atoms with E-state index in [9.17, 15) is 24.0 Å². The third-order valence-electron chi connectivity index (χ3n) is 5.76. The van der Waals surface area contributed by atoms with Crippen molar-refractivity contribution in [3.8, 4) is 5.75 Å². The van der Waals surface area contributed by atoms with Gasteiger partial charge in [0.25, 0.3) is 0 Å². The van der Waals surface area contributed by atoms with E-state index in [0.717, 1.165) is 31.2 Å². The van der Waals surface area contributed by atoms with E-state index >= 15 is 0 Å². The minimum atomic E-state index is -0.983. The molecule has 0 saturated heterocycles. The topological polar surface area (TPSA) is 155 Å². The van der Waals surface area contributed by atoms with Gasteiger partial charge in [0.1, 0.15) is 11.8 Å². The fraction of sp³-hybridized carbons (Fsp3) is 0.414. The Hall–Kier alpha value is -4.41. The molecular formula is C29H39N5O6. The molecular weight excluding hydrogens is 514 g/mol. The molecule has 0 heterocycles. The smallest absolute Gasteiger partial charge is 0.243 e. The van der Waals surface area contributed by atoms with Gasteiger partial charge in [0, 0.05) is 12.8 Å². The molecule has 40 heavy (non-hydrogen) atoms. The number of amides is 5. The molecule has 5 amide bonds. The van der Waals surface area contributed by atoms with Crippen molar-refractivity contribution in [3.05, 3.63) is 66.2 Å². The van der Waals surface area contributed by atoms with Gasteiger partial charge in [0.15, 0.2) is 6.73 Å². The van der Waals surface area contributed by atoms with Crippen LogP contribution in [0.1, 0.15) is 44.6 Å². The maximum absolute atomic E-state index is 12.9. The second-order valence-electron chi connectivity index (χ2n) is 9.09. The Kier molecular flexibility index (Phi) is 14.9. The fourth-order valence-corrected chi connectivity index (χ4v) is 3.60. The molecule has 0 fully saturated rings. The van der Waals surface area contributed by atoms with Crippen molar-refractivity contribution in [2.45, 2.75) is 51.5 Å². The number of rotatable bonds is 18. The van der Waals surface area contributed by atoms with Gasteiger partial charge in [-0.15, -0.1) is 0 Å². The maximum atomic E-state index is 12.9. The number of nitrogens with one attached hydrogen (secondary N) is 5. The molecule has 216 valence electrons. The third-order valence-corrected chi connectivity index (χ3v) is 5.76. The van der Waals surface area contributed by atoms with Crippen molar-refractivity contribution in [1.82, 2.24) is 26.6 Å². The summed E-state index contributed by atoms with van der Waals surface area (Å²) in [4.78, 5) is 61.4. The summed E-state index contributed by atoms with van der Waals surface area (Å²) in [6, 6.07) is 17.0. The lowest BCUT2D eigenvalue weighted by molar-refractivity contribution is -0.131. The number of unbranched alkanes of at least 4 members (excludes halogenated alkanes) is 3. The number of ether oxygens (including phenoxy) is 1. The molecule has 0 aromatic heterocycles. The molecule has 0 aliphatic heterocycles. The maximum Gasteiger partial charge on any atom is 0.243 e. The summed E-state index contributed by atoms with van der Waals surface area (Å²) in [5.41, 5.74) is 0.800. The van der Waals surface area contributed by atoms with Crippen molar-refractivity contribution in [2.24, 2.45) is 0 Å². The number of hydrogen-bond donors (Lipinski definition) is 5. The Morgan fingerprint density at radius 2 is 1.27 bits per heavy atom. The number of para-hydroxylation sites is 1. The van der Waals surface area contributed by atoms with E-state index in [1.165, 1.54) is 0 Å². The number of benzene rings is 2. The normalized spacial score (nSPS) is 11.0. The van der Waals surface area contributed by atoms with Crippen molar-refractivity contribution >= 4 is 29.5 Å². The molecule has 2 aromatic rings. The number of hydrogen-bond acceptors (Lipinski definition) is 6. The van der Waals surface area contributed by atoms with E-state index in [-0.39, 0.29) is 38.7 Å². The van der Waals surface area contributed by atoms with E-state index in [1.807, 2.05) is 36.4 Å². The number of carbonyl (C=O) groups is 5. The van der Waals surface area contributed by atoms with Crippen LogP contribution in [0.15, 0.2) is 60.7 Å². The monoisotopic (exact) mass is 553 g/mol. The third kappa shape index (κ3) is 13.9. The van der Waals surface area contributed by atoms with E-state index in [4.69, 9.17) is 4.74 Å². The van der Waals surface area contributed by atoms with Gasteiger partial charge < -0.3 is 31.3 Å². The second kappa shape index (κ2) is 18.8. The Bertz CT molecular complexity index is 1080. The van der Waals surface area contributed by atoms with Crippen LogP contribution in [-0.4, -0.2) is 61.9 Å². The summed E-state index contributed by atoms with van der Waals surface area (Å²) < 4.78 is 5.41. The van der Waals surface area contributed by atoms with Crippen LogP contribution in [0.3, 0.4) is 0 Å². The molecule has 1 unspecified atom stereocenters. The predicted octanol–water partition coefficient (Wildman–Crippen LogP) is 1.19. The van der Waals surface area contributed by atoms with E-state index in [1.54, 1.807) is 24.3 Å². The molecule has 0 saturated carbocycles. The molecule has 0 bridgehead atoms. The summed E-state index contributed by atoms with van der Waals surface area (Å²) >= 11 is 0. The summed E-state index contributed by atoms with van der Waals surface area (Å²) in [5.74, 6) is -1.75. The highest BCUT2D eigenvalue weighted by molar-refractivity contribution is 5.92. The summed E-state index contributed by atoms with van der Waals surface area (Å²) in [7, 11) is 0. The Balaban J connectivity index is 1.78. The minimum Gasteiger partial charge on any atom is -0.473 e. The highest BCUT2D eigenvalue weighted by atomic mass is 16.5. The first-order chi connectivity index (χ1) is 19.4. The minimum absolute atomic E-state index is 0.0676. The van der Waals surface area contributed by atoms with Crippen molar-refractivity contribution in [3.63, 3.8) is 0 Å². The Morgan fingerprint density at radius 1 is 0.675 bits per heavy atom. The lowest BCUT2D eigenvalue weighted by Gasteiger charge is -2.19. The molecule has 0 spiro atoms. The summed E-state index contributed by atoms with van der Waals surface area (Å²) in [6.07, 6.45) is 4.38. The fourth-order valence-electron chi connectivity index (χ4n) is 3.60. The molecule has 11 nitrogen and oxygen atoms in total. The molecule has 1 atom stereocenters. The van der Waals surface area contributed by atoms with Gasteiger partial charge in [-0.25, -0.2) is 0 Å². The molecule has 0 aliphatic carbocycles. The van der Waals surface area contributed by atoms with Crippen LogP contribution >= 0.6 is 0 Å². The van der Waals surface area contributed by atoms with E-state index in [0.29, 0.717) is 12.2 Å². The zero-order chi connectivity index (χ0) is 29.0. The molecule has 5 N–H and O–H groups in total. The van der Waals surface area contributed by atoms with Gasteiger partial charge in [-0.2, -0.15) is 0 Å². The van der Waals surface area contributed by atoms with Crippen LogP contribution in [0, 0.1) is 0 Å². The van der Waals surface area contributed by atoms with Gasteiger partial charge >= 0.3 is 0 Å². The predicted molar refractivity (Wildman–Crippen MR) is 150 cm³/mol. The highest BCUT2D eigenvalue weighted by Gasteiger charge is 2.22. The first kappa shape index (κ1) is 31.8. The van der Waals surface area contributed by atoms with E-state index in [2.05, 4.69) is 33.5 Å². The highest BCUT2D eigenvalue weighted by Crippen LogP contribution is 2.07. The van der Waals surface area contributed by atoms with E-state index < -0.39 is 29.7 Å². The zero-order valence-electron chi connectivity index (χ0n) is 22.9. The van der Waals surface area contributed by atoms with Gasteiger partial charge in [0.2, 0.25) is 29.5 Å². The van der Waals surface area contributed by atoms with Gasteiger partial charge in [-0.3, -0.25) is 24.0 Å². The Labute approximate surface area is 234 Å². The lowest BCUT2D eigenvalue weighted by atomic mass is 10.1. The van der Waals surface area contributed by atoms with Crippen molar-refractivity contribution < 1.29 is 28.7 Å². The zero-order valence-corrected chi connectivity index (χ0v) is 22.9. The average molecular weight is 554 g/mol.